The monoisotopic (exact) mass is 382 g/mol. The van der Waals surface area contributed by atoms with E-state index in [0.717, 1.165) is 38.8 Å². The third-order valence-corrected chi connectivity index (χ3v) is 4.98. The lowest BCUT2D eigenvalue weighted by molar-refractivity contribution is -0.133. The van der Waals surface area contributed by atoms with Gasteiger partial charge >= 0.3 is 6.01 Å². The van der Waals surface area contributed by atoms with Crippen molar-refractivity contribution in [1.82, 2.24) is 19.9 Å². The maximum atomic E-state index is 12.1. The van der Waals surface area contributed by atoms with E-state index in [1.54, 1.807) is 6.07 Å². The number of ether oxygens (including phenoxy) is 1. The number of fused-ring (bicyclic) bond motifs is 1. The van der Waals surface area contributed by atoms with Gasteiger partial charge in [-0.15, -0.1) is 0 Å². The van der Waals surface area contributed by atoms with Crippen LogP contribution < -0.4 is 16.0 Å². The molecule has 0 aromatic carbocycles. The number of aliphatic imine (C=N–C) groups is 1. The highest BCUT2D eigenvalue weighted by Gasteiger charge is 2.34. The van der Waals surface area contributed by atoms with Gasteiger partial charge < -0.3 is 15.4 Å². The number of carbonyl (C=O) groups excluding carboxylic acids is 1. The molecular formula is C19H22N6O3. The molecule has 0 spiro atoms. The molecule has 2 aromatic heterocycles. The Kier molecular flexibility index (Phi) is 5.05. The van der Waals surface area contributed by atoms with Gasteiger partial charge in [0.05, 0.1) is 29.4 Å². The van der Waals surface area contributed by atoms with Gasteiger partial charge in [-0.1, -0.05) is 0 Å². The topological polar surface area (TPSA) is 127 Å². The van der Waals surface area contributed by atoms with Crippen LogP contribution >= 0.6 is 0 Å². The molecule has 1 amide bonds. The zero-order valence-corrected chi connectivity index (χ0v) is 15.4. The van der Waals surface area contributed by atoms with Crippen molar-refractivity contribution in [3.8, 4) is 6.01 Å². The van der Waals surface area contributed by atoms with E-state index in [1.165, 1.54) is 24.8 Å². The molecule has 9 nitrogen and oxygen atoms in total. The van der Waals surface area contributed by atoms with Crippen molar-refractivity contribution < 1.29 is 9.53 Å². The third-order valence-electron chi connectivity index (χ3n) is 4.98. The van der Waals surface area contributed by atoms with E-state index in [2.05, 4.69) is 19.9 Å². The van der Waals surface area contributed by atoms with Crippen molar-refractivity contribution >= 4 is 23.0 Å². The van der Waals surface area contributed by atoms with Crippen LogP contribution in [-0.2, 0) is 4.79 Å². The number of aromatic nitrogens is 3. The van der Waals surface area contributed by atoms with Crippen molar-refractivity contribution in [2.45, 2.75) is 31.7 Å². The van der Waals surface area contributed by atoms with Crippen molar-refractivity contribution in [3.05, 3.63) is 40.8 Å². The first kappa shape index (κ1) is 18.1. The van der Waals surface area contributed by atoms with Crippen LogP contribution in [0.3, 0.4) is 0 Å². The second kappa shape index (κ2) is 7.79. The summed E-state index contributed by atoms with van der Waals surface area (Å²) in [5, 5.41) is 0.432. The standard InChI is InChI=1S/C19H22N6O3/c20-9-14(28-19-23-16-11-21-6-3-15(16)17(26)24-19)10-22-13-4-7-25(8-5-13)18(27)12-1-2-12/h3,6,9-13H,1-2,4-5,7-8,20H2,(H,23,24,26). The van der Waals surface area contributed by atoms with Crippen molar-refractivity contribution in [1.29, 1.82) is 0 Å². The number of piperidine rings is 1. The van der Waals surface area contributed by atoms with Gasteiger partial charge in [-0.05, 0) is 31.7 Å². The fourth-order valence-electron chi connectivity index (χ4n) is 3.24. The summed E-state index contributed by atoms with van der Waals surface area (Å²) in [6, 6.07) is 1.72. The molecule has 146 valence electrons. The Hall–Kier alpha value is -3.23. The molecule has 1 saturated carbocycles. The van der Waals surface area contributed by atoms with E-state index in [0.29, 0.717) is 10.9 Å². The lowest BCUT2D eigenvalue weighted by Gasteiger charge is -2.30. The van der Waals surface area contributed by atoms with Gasteiger partial charge in [0.25, 0.3) is 5.56 Å². The highest BCUT2D eigenvalue weighted by atomic mass is 16.5. The van der Waals surface area contributed by atoms with Crippen LogP contribution in [0.2, 0.25) is 0 Å². The smallest absolute Gasteiger partial charge is 0.302 e. The number of nitrogens with one attached hydrogen (secondary N) is 1. The summed E-state index contributed by atoms with van der Waals surface area (Å²) in [5.74, 6) is 0.823. The summed E-state index contributed by atoms with van der Waals surface area (Å²) in [6.45, 7) is 1.46. The minimum Gasteiger partial charge on any atom is -0.422 e. The van der Waals surface area contributed by atoms with Crippen LogP contribution in [0.1, 0.15) is 25.7 Å². The molecule has 0 unspecified atom stereocenters. The molecule has 2 aromatic rings. The molecule has 3 N–H and O–H groups in total. The normalized spacial score (nSPS) is 18.7. The molecule has 1 saturated heterocycles. The van der Waals surface area contributed by atoms with Gasteiger partial charge in [-0.25, -0.2) is 0 Å². The summed E-state index contributed by atoms with van der Waals surface area (Å²) < 4.78 is 5.57. The highest BCUT2D eigenvalue weighted by Crippen LogP contribution is 2.32. The zero-order valence-electron chi connectivity index (χ0n) is 15.4. The third kappa shape index (κ3) is 4.03. The Morgan fingerprint density at radius 3 is 2.82 bits per heavy atom. The largest absolute Gasteiger partial charge is 0.422 e. The summed E-state index contributed by atoms with van der Waals surface area (Å²) in [4.78, 5) is 41.4. The number of hydrogen-bond donors (Lipinski definition) is 2. The number of nitrogens with two attached hydrogens (primary N) is 1. The number of amides is 1. The predicted molar refractivity (Wildman–Crippen MR) is 104 cm³/mol. The number of pyridine rings is 1. The van der Waals surface area contributed by atoms with E-state index in [-0.39, 0.29) is 35.2 Å². The first-order valence-corrected chi connectivity index (χ1v) is 9.40. The number of rotatable bonds is 5. The van der Waals surface area contributed by atoms with Crippen LogP contribution in [0.15, 0.2) is 40.2 Å². The molecule has 9 heteroatoms. The van der Waals surface area contributed by atoms with Crippen LogP contribution in [0.4, 0.5) is 0 Å². The van der Waals surface area contributed by atoms with Gasteiger partial charge in [-0.3, -0.25) is 24.5 Å². The summed E-state index contributed by atoms with van der Waals surface area (Å²) in [6.07, 6.45) is 9.50. The fraction of sp³-hybridized carbons (Fsp3) is 0.421. The Bertz CT molecular complexity index is 987. The number of hydrogen-bond acceptors (Lipinski definition) is 7. The molecule has 2 aliphatic rings. The Labute approximate surface area is 161 Å². The molecule has 1 aliphatic heterocycles. The summed E-state index contributed by atoms with van der Waals surface area (Å²) >= 11 is 0. The summed E-state index contributed by atoms with van der Waals surface area (Å²) in [7, 11) is 0. The molecule has 0 radical (unpaired) electrons. The maximum Gasteiger partial charge on any atom is 0.302 e. The van der Waals surface area contributed by atoms with Crippen molar-refractivity contribution in [3.63, 3.8) is 0 Å². The number of allylic oxidation sites excluding steroid dienone is 1. The van der Waals surface area contributed by atoms with Gasteiger partial charge in [0, 0.05) is 31.4 Å². The Morgan fingerprint density at radius 2 is 2.11 bits per heavy atom. The number of nitrogens with zero attached hydrogens (tertiary/aromatic N) is 4. The average Bonchev–Trinajstić information content (AvgIpc) is 3.56. The first-order valence-electron chi connectivity index (χ1n) is 9.40. The van der Waals surface area contributed by atoms with E-state index in [4.69, 9.17) is 10.5 Å². The number of aromatic amines is 1. The summed E-state index contributed by atoms with van der Waals surface area (Å²) in [5.41, 5.74) is 5.74. The number of H-pyrrole nitrogens is 1. The minimum atomic E-state index is -0.316. The average molecular weight is 382 g/mol. The first-order chi connectivity index (χ1) is 13.6. The Morgan fingerprint density at radius 1 is 1.32 bits per heavy atom. The molecular weight excluding hydrogens is 360 g/mol. The molecule has 3 heterocycles. The van der Waals surface area contributed by atoms with Crippen LogP contribution in [0.5, 0.6) is 6.01 Å². The SMILES string of the molecule is NC=C(C=NC1CCN(C(=O)C2CC2)CC1)Oc1nc2cnccc2c(=O)[nH]1. The van der Waals surface area contributed by atoms with Crippen LogP contribution in [-0.4, -0.2) is 51.1 Å². The predicted octanol–water partition coefficient (Wildman–Crippen LogP) is 0.969. The lowest BCUT2D eigenvalue weighted by Crippen LogP contribution is -2.40. The van der Waals surface area contributed by atoms with Crippen LogP contribution in [0, 0.1) is 5.92 Å². The van der Waals surface area contributed by atoms with Crippen molar-refractivity contribution in [2.75, 3.05) is 13.1 Å². The molecule has 28 heavy (non-hydrogen) atoms. The van der Waals surface area contributed by atoms with E-state index in [1.807, 2.05) is 4.90 Å². The molecule has 4 rings (SSSR count). The zero-order chi connectivity index (χ0) is 19.5. The molecule has 0 bridgehead atoms. The van der Waals surface area contributed by atoms with Gasteiger partial charge in [-0.2, -0.15) is 4.98 Å². The quantitative estimate of drug-likeness (QED) is 0.586. The van der Waals surface area contributed by atoms with E-state index in [9.17, 15) is 9.59 Å². The molecule has 1 aliphatic carbocycles. The minimum absolute atomic E-state index is 0.0264. The van der Waals surface area contributed by atoms with E-state index < -0.39 is 0 Å². The second-order valence-corrected chi connectivity index (χ2v) is 7.04. The molecule has 0 atom stereocenters. The Balaban J connectivity index is 1.37. The highest BCUT2D eigenvalue weighted by molar-refractivity contribution is 5.81. The van der Waals surface area contributed by atoms with Gasteiger partial charge in [0.2, 0.25) is 5.91 Å². The lowest BCUT2D eigenvalue weighted by atomic mass is 10.1. The second-order valence-electron chi connectivity index (χ2n) is 7.04. The van der Waals surface area contributed by atoms with Gasteiger partial charge in [0.15, 0.2) is 5.76 Å². The fourth-order valence-corrected chi connectivity index (χ4v) is 3.24. The number of carbonyl (C=O) groups is 1. The maximum absolute atomic E-state index is 12.1. The van der Waals surface area contributed by atoms with Crippen molar-refractivity contribution in [2.24, 2.45) is 16.6 Å². The molecule has 2 fully saturated rings. The number of likely N-dealkylation sites (tertiary alicyclic amines) is 1. The van der Waals surface area contributed by atoms with Crippen LogP contribution in [0.25, 0.3) is 10.9 Å². The van der Waals surface area contributed by atoms with E-state index >= 15 is 0 Å². The van der Waals surface area contributed by atoms with Gasteiger partial charge in [0.1, 0.15) is 0 Å².